The van der Waals surface area contributed by atoms with Gasteiger partial charge in [-0.3, -0.25) is 0 Å². The Morgan fingerprint density at radius 2 is 2.29 bits per heavy atom. The van der Waals surface area contributed by atoms with Crippen LogP contribution in [0.1, 0.15) is 39.9 Å². The van der Waals surface area contributed by atoms with E-state index in [0.717, 1.165) is 23.3 Å². The number of hydrogen-bond acceptors (Lipinski definition) is 4. The fourth-order valence-corrected chi connectivity index (χ4v) is 2.54. The van der Waals surface area contributed by atoms with E-state index in [-0.39, 0.29) is 12.6 Å². The maximum absolute atomic E-state index is 10.8. The molecule has 0 fully saturated rings. The average molecular weight is 257 g/mol. The van der Waals surface area contributed by atoms with E-state index in [4.69, 9.17) is 10.2 Å². The lowest BCUT2D eigenvalue weighted by atomic mass is 10.1. The Hall–Kier alpha value is -0.910. The fraction of sp³-hybridized carbons (Fsp3) is 0.583. The SMILES string of the molecule is CCC(CCO)NCc1cc(C(=O)O)sc1C. The molecule has 4 nitrogen and oxygen atoms in total. The summed E-state index contributed by atoms with van der Waals surface area (Å²) in [7, 11) is 0. The highest BCUT2D eigenvalue weighted by Crippen LogP contribution is 2.21. The van der Waals surface area contributed by atoms with Gasteiger partial charge in [0, 0.05) is 24.1 Å². The Balaban J connectivity index is 2.59. The highest BCUT2D eigenvalue weighted by Gasteiger charge is 2.12. The lowest BCUT2D eigenvalue weighted by molar-refractivity contribution is 0.0702. The third kappa shape index (κ3) is 4.11. The Kier molecular flexibility index (Phi) is 5.61. The van der Waals surface area contributed by atoms with Gasteiger partial charge in [0.15, 0.2) is 0 Å². The topological polar surface area (TPSA) is 69.6 Å². The van der Waals surface area contributed by atoms with E-state index < -0.39 is 5.97 Å². The van der Waals surface area contributed by atoms with Crippen LogP contribution in [0.15, 0.2) is 6.07 Å². The van der Waals surface area contributed by atoms with Crippen LogP contribution < -0.4 is 5.32 Å². The van der Waals surface area contributed by atoms with Crippen molar-refractivity contribution in [3.63, 3.8) is 0 Å². The van der Waals surface area contributed by atoms with Crippen molar-refractivity contribution < 1.29 is 15.0 Å². The van der Waals surface area contributed by atoms with Gasteiger partial charge in [-0.05, 0) is 31.4 Å². The first-order valence-corrected chi connectivity index (χ1v) is 6.57. The van der Waals surface area contributed by atoms with Crippen LogP contribution in [0.4, 0.5) is 0 Å². The number of aromatic carboxylic acids is 1. The van der Waals surface area contributed by atoms with Gasteiger partial charge in [0.2, 0.25) is 0 Å². The molecule has 1 aromatic rings. The maximum atomic E-state index is 10.8. The number of rotatable bonds is 7. The first-order valence-electron chi connectivity index (χ1n) is 5.75. The number of aliphatic hydroxyl groups excluding tert-OH is 1. The molecule has 0 bridgehead atoms. The Labute approximate surface area is 105 Å². The summed E-state index contributed by atoms with van der Waals surface area (Å²) in [6.45, 7) is 4.83. The number of carbonyl (C=O) groups is 1. The molecule has 17 heavy (non-hydrogen) atoms. The van der Waals surface area contributed by atoms with E-state index in [2.05, 4.69) is 12.2 Å². The van der Waals surface area contributed by atoms with Crippen molar-refractivity contribution in [2.75, 3.05) is 6.61 Å². The van der Waals surface area contributed by atoms with Crippen LogP contribution in [-0.4, -0.2) is 28.8 Å². The van der Waals surface area contributed by atoms with E-state index in [1.165, 1.54) is 11.3 Å². The quantitative estimate of drug-likeness (QED) is 0.699. The minimum atomic E-state index is -0.869. The van der Waals surface area contributed by atoms with E-state index in [9.17, 15) is 4.79 Å². The van der Waals surface area contributed by atoms with E-state index in [0.29, 0.717) is 11.4 Å². The maximum Gasteiger partial charge on any atom is 0.345 e. The number of aryl methyl sites for hydroxylation is 1. The summed E-state index contributed by atoms with van der Waals surface area (Å²) in [5.41, 5.74) is 1.03. The Bertz CT molecular complexity index is 376. The zero-order chi connectivity index (χ0) is 12.8. The van der Waals surface area contributed by atoms with Gasteiger partial charge in [-0.1, -0.05) is 6.92 Å². The molecule has 3 N–H and O–H groups in total. The van der Waals surface area contributed by atoms with Gasteiger partial charge in [0.05, 0.1) is 0 Å². The fourth-order valence-electron chi connectivity index (χ4n) is 1.66. The lowest BCUT2D eigenvalue weighted by Gasteiger charge is -2.15. The Morgan fingerprint density at radius 1 is 1.59 bits per heavy atom. The molecule has 0 spiro atoms. The van der Waals surface area contributed by atoms with Gasteiger partial charge in [-0.25, -0.2) is 4.79 Å². The van der Waals surface area contributed by atoms with Crippen molar-refractivity contribution in [2.24, 2.45) is 0 Å². The molecule has 0 saturated heterocycles. The zero-order valence-corrected chi connectivity index (χ0v) is 11.0. The minimum absolute atomic E-state index is 0.175. The molecule has 96 valence electrons. The van der Waals surface area contributed by atoms with E-state index >= 15 is 0 Å². The van der Waals surface area contributed by atoms with Crippen molar-refractivity contribution in [1.82, 2.24) is 5.32 Å². The molecule has 0 aliphatic carbocycles. The van der Waals surface area contributed by atoms with Crippen molar-refractivity contribution in [1.29, 1.82) is 0 Å². The third-order valence-corrected chi connectivity index (χ3v) is 3.86. The van der Waals surface area contributed by atoms with Crippen molar-refractivity contribution in [3.8, 4) is 0 Å². The van der Waals surface area contributed by atoms with E-state index in [1.807, 2.05) is 6.92 Å². The van der Waals surface area contributed by atoms with Crippen LogP contribution in [0, 0.1) is 6.92 Å². The largest absolute Gasteiger partial charge is 0.477 e. The molecule has 0 aliphatic heterocycles. The molecule has 0 aromatic carbocycles. The summed E-state index contributed by atoms with van der Waals surface area (Å²) < 4.78 is 0. The van der Waals surface area contributed by atoms with Gasteiger partial charge in [-0.15, -0.1) is 11.3 Å². The molecule has 0 saturated carbocycles. The number of aliphatic hydroxyl groups is 1. The number of hydrogen-bond donors (Lipinski definition) is 3. The minimum Gasteiger partial charge on any atom is -0.477 e. The van der Waals surface area contributed by atoms with Crippen molar-refractivity contribution in [2.45, 2.75) is 39.3 Å². The Morgan fingerprint density at radius 3 is 2.76 bits per heavy atom. The summed E-state index contributed by atoms with van der Waals surface area (Å²) in [5.74, 6) is -0.869. The molecule has 0 aliphatic rings. The summed E-state index contributed by atoms with van der Waals surface area (Å²) in [4.78, 5) is 12.2. The highest BCUT2D eigenvalue weighted by molar-refractivity contribution is 7.14. The number of thiophene rings is 1. The molecular formula is C12H19NO3S. The smallest absolute Gasteiger partial charge is 0.345 e. The second-order valence-corrected chi connectivity index (χ2v) is 5.25. The number of nitrogens with one attached hydrogen (secondary N) is 1. The predicted molar refractivity (Wildman–Crippen MR) is 68.6 cm³/mol. The lowest BCUT2D eigenvalue weighted by Crippen LogP contribution is -2.28. The second kappa shape index (κ2) is 6.74. The highest BCUT2D eigenvalue weighted by atomic mass is 32.1. The molecule has 1 unspecified atom stereocenters. The van der Waals surface area contributed by atoms with Crippen LogP contribution in [0.2, 0.25) is 0 Å². The van der Waals surface area contributed by atoms with Gasteiger partial charge in [0.1, 0.15) is 4.88 Å². The molecule has 1 aromatic heterocycles. The van der Waals surface area contributed by atoms with Gasteiger partial charge in [0.25, 0.3) is 0 Å². The van der Waals surface area contributed by atoms with Crippen LogP contribution >= 0.6 is 11.3 Å². The average Bonchev–Trinajstić information content (AvgIpc) is 2.66. The molecule has 1 heterocycles. The first-order chi connectivity index (χ1) is 8.08. The first kappa shape index (κ1) is 14.2. The predicted octanol–water partition coefficient (Wildman–Crippen LogP) is 2.01. The third-order valence-electron chi connectivity index (χ3n) is 2.78. The zero-order valence-electron chi connectivity index (χ0n) is 10.2. The standard InChI is InChI=1S/C12H19NO3S/c1-3-10(4-5-14)13-7-9-6-11(12(15)16)17-8(9)2/h6,10,13-14H,3-5,7H2,1-2H3,(H,15,16). The van der Waals surface area contributed by atoms with Crippen molar-refractivity contribution in [3.05, 3.63) is 21.4 Å². The summed E-state index contributed by atoms with van der Waals surface area (Å²) >= 11 is 1.31. The summed E-state index contributed by atoms with van der Waals surface area (Å²) in [6, 6.07) is 2.01. The molecule has 1 atom stereocenters. The second-order valence-electron chi connectivity index (χ2n) is 4.00. The van der Waals surface area contributed by atoms with Crippen LogP contribution in [-0.2, 0) is 6.54 Å². The molecule has 0 amide bonds. The van der Waals surface area contributed by atoms with Crippen LogP contribution in [0.25, 0.3) is 0 Å². The van der Waals surface area contributed by atoms with Gasteiger partial charge in [-0.2, -0.15) is 0 Å². The molecular weight excluding hydrogens is 238 g/mol. The molecule has 1 rings (SSSR count). The van der Waals surface area contributed by atoms with Crippen LogP contribution in [0.5, 0.6) is 0 Å². The normalized spacial score (nSPS) is 12.6. The monoisotopic (exact) mass is 257 g/mol. The molecule has 5 heteroatoms. The van der Waals surface area contributed by atoms with Crippen LogP contribution in [0.3, 0.4) is 0 Å². The molecule has 0 radical (unpaired) electrons. The summed E-state index contributed by atoms with van der Waals surface area (Å²) in [6.07, 6.45) is 1.68. The number of carboxylic acids is 1. The number of carboxylic acid groups (broad SMARTS) is 1. The van der Waals surface area contributed by atoms with Gasteiger partial charge < -0.3 is 15.5 Å². The van der Waals surface area contributed by atoms with Gasteiger partial charge >= 0.3 is 5.97 Å². The summed E-state index contributed by atoms with van der Waals surface area (Å²) in [5, 5.41) is 21.1. The van der Waals surface area contributed by atoms with Crippen molar-refractivity contribution >= 4 is 17.3 Å². The van der Waals surface area contributed by atoms with E-state index in [1.54, 1.807) is 6.07 Å².